The van der Waals surface area contributed by atoms with Gasteiger partial charge in [-0.1, -0.05) is 29.3 Å². The fraction of sp³-hybridized carbons (Fsp3) is 0.591. The van der Waals surface area contributed by atoms with Gasteiger partial charge in [0.15, 0.2) is 6.23 Å². The minimum Gasteiger partial charge on any atom is -0.396 e. The average molecular weight is 469 g/mol. The molecule has 0 aliphatic carbocycles. The van der Waals surface area contributed by atoms with Crippen LogP contribution in [-0.4, -0.2) is 65.6 Å². The van der Waals surface area contributed by atoms with Crippen molar-refractivity contribution < 1.29 is 14.9 Å². The molecule has 2 saturated heterocycles. The first-order chi connectivity index (χ1) is 14.8. The normalized spacial score (nSPS) is 28.5. The molecule has 0 aromatic heterocycles. The fourth-order valence-corrected chi connectivity index (χ4v) is 5.37. The number of piperidine rings is 1. The summed E-state index contributed by atoms with van der Waals surface area (Å²) in [5, 5.41) is 21.7. The van der Waals surface area contributed by atoms with Crippen molar-refractivity contribution in [1.29, 1.82) is 0 Å². The van der Waals surface area contributed by atoms with Crippen LogP contribution in [0.2, 0.25) is 10.0 Å². The standard InChI is InChI=1S/C22H30Cl2N4O3/c1-13-19(25)22(12-31-13)7-9-27(10-8-22)20-15(6-11-29)21(30)28(14(2)26-20)17-5-3-4-16(23)18(17)24/h3-5,13,19,21,29-30H,6-12,25H2,1-2H3/t13-,19+,21?/m0/s1. The molecule has 3 atom stereocenters. The molecule has 2 fully saturated rings. The van der Waals surface area contributed by atoms with Gasteiger partial charge in [-0.3, -0.25) is 4.90 Å². The number of hydrogen-bond acceptors (Lipinski definition) is 7. The number of likely N-dealkylation sites (tertiary alicyclic amines) is 1. The van der Waals surface area contributed by atoms with Gasteiger partial charge < -0.3 is 25.6 Å². The van der Waals surface area contributed by atoms with Crippen LogP contribution in [0.4, 0.5) is 5.69 Å². The highest BCUT2D eigenvalue weighted by molar-refractivity contribution is 6.44. The molecule has 170 valence electrons. The second-order valence-electron chi connectivity index (χ2n) is 8.69. The molecule has 9 heteroatoms. The van der Waals surface area contributed by atoms with E-state index in [4.69, 9.17) is 38.7 Å². The Morgan fingerprint density at radius 1 is 1.29 bits per heavy atom. The predicted octanol–water partition coefficient (Wildman–Crippen LogP) is 2.97. The first kappa shape index (κ1) is 22.8. The lowest BCUT2D eigenvalue weighted by Gasteiger charge is -2.44. The zero-order valence-corrected chi connectivity index (χ0v) is 19.4. The van der Waals surface area contributed by atoms with Gasteiger partial charge in [-0.2, -0.15) is 0 Å². The van der Waals surface area contributed by atoms with E-state index in [0.29, 0.717) is 40.2 Å². The Morgan fingerprint density at radius 3 is 2.61 bits per heavy atom. The van der Waals surface area contributed by atoms with Gasteiger partial charge in [0.25, 0.3) is 0 Å². The number of hydrogen-bond donors (Lipinski definition) is 3. The van der Waals surface area contributed by atoms with Crippen molar-refractivity contribution in [3.05, 3.63) is 39.6 Å². The van der Waals surface area contributed by atoms with Crippen molar-refractivity contribution in [3.8, 4) is 0 Å². The fourth-order valence-electron chi connectivity index (χ4n) is 4.98. The maximum Gasteiger partial charge on any atom is 0.158 e. The Hall–Kier alpha value is -1.35. The number of rotatable bonds is 4. The van der Waals surface area contributed by atoms with Crippen LogP contribution < -0.4 is 10.6 Å². The lowest BCUT2D eigenvalue weighted by Crippen LogP contribution is -2.51. The largest absolute Gasteiger partial charge is 0.396 e. The van der Waals surface area contributed by atoms with Crippen LogP contribution in [0, 0.1) is 5.41 Å². The van der Waals surface area contributed by atoms with Crippen molar-refractivity contribution in [1.82, 2.24) is 4.90 Å². The van der Waals surface area contributed by atoms with Gasteiger partial charge in [0, 0.05) is 36.7 Å². The molecule has 0 radical (unpaired) electrons. The number of aliphatic hydroxyl groups excluding tert-OH is 2. The van der Waals surface area contributed by atoms with E-state index in [2.05, 4.69) is 4.90 Å². The second kappa shape index (κ2) is 8.89. The summed E-state index contributed by atoms with van der Waals surface area (Å²) in [6.07, 6.45) is 1.20. The van der Waals surface area contributed by atoms with E-state index in [1.807, 2.05) is 13.8 Å². The van der Waals surface area contributed by atoms with E-state index in [-0.39, 0.29) is 24.2 Å². The van der Waals surface area contributed by atoms with E-state index in [1.54, 1.807) is 23.1 Å². The molecule has 3 heterocycles. The summed E-state index contributed by atoms with van der Waals surface area (Å²) in [6, 6.07) is 5.31. The van der Waals surface area contributed by atoms with Crippen molar-refractivity contribution in [2.75, 3.05) is 31.2 Å². The van der Waals surface area contributed by atoms with Gasteiger partial charge in [0.1, 0.15) is 11.7 Å². The number of anilines is 1. The molecular weight excluding hydrogens is 439 g/mol. The first-order valence-electron chi connectivity index (χ1n) is 10.7. The second-order valence-corrected chi connectivity index (χ2v) is 9.47. The number of aliphatic hydroxyl groups is 2. The minimum atomic E-state index is -0.997. The summed E-state index contributed by atoms with van der Waals surface area (Å²) < 4.78 is 5.83. The van der Waals surface area contributed by atoms with Crippen LogP contribution in [0.3, 0.4) is 0 Å². The van der Waals surface area contributed by atoms with Gasteiger partial charge in [-0.25, -0.2) is 4.99 Å². The summed E-state index contributed by atoms with van der Waals surface area (Å²) in [5.41, 5.74) is 7.70. The Bertz CT molecular complexity index is 899. The number of amidine groups is 1. The summed E-state index contributed by atoms with van der Waals surface area (Å²) in [5.74, 6) is 1.34. The molecule has 1 spiro atoms. The lowest BCUT2D eigenvalue weighted by atomic mass is 9.73. The molecular formula is C22H30Cl2N4O3. The Morgan fingerprint density at radius 2 is 2.00 bits per heavy atom. The molecule has 1 unspecified atom stereocenters. The number of benzene rings is 1. The van der Waals surface area contributed by atoms with Gasteiger partial charge >= 0.3 is 0 Å². The third-order valence-electron chi connectivity index (χ3n) is 6.94. The average Bonchev–Trinajstić information content (AvgIpc) is 3.02. The third-order valence-corrected chi connectivity index (χ3v) is 7.75. The Labute approximate surface area is 193 Å². The van der Waals surface area contributed by atoms with Crippen molar-refractivity contribution in [3.63, 3.8) is 0 Å². The number of aliphatic imine (C=N–C) groups is 1. The molecule has 0 bridgehead atoms. The molecule has 31 heavy (non-hydrogen) atoms. The van der Waals surface area contributed by atoms with Gasteiger partial charge in [-0.05, 0) is 45.2 Å². The molecule has 7 nitrogen and oxygen atoms in total. The van der Waals surface area contributed by atoms with Crippen LogP contribution in [0.15, 0.2) is 34.6 Å². The number of ether oxygens (including phenoxy) is 1. The van der Waals surface area contributed by atoms with Gasteiger partial charge in [-0.15, -0.1) is 0 Å². The highest BCUT2D eigenvalue weighted by atomic mass is 35.5. The molecule has 1 aromatic carbocycles. The molecule has 1 aromatic rings. The van der Waals surface area contributed by atoms with E-state index in [1.165, 1.54) is 0 Å². The maximum absolute atomic E-state index is 11.3. The number of nitrogens with zero attached hydrogens (tertiary/aromatic N) is 3. The smallest absolute Gasteiger partial charge is 0.158 e. The van der Waals surface area contributed by atoms with Crippen LogP contribution in [-0.2, 0) is 4.74 Å². The van der Waals surface area contributed by atoms with Crippen LogP contribution >= 0.6 is 23.2 Å². The van der Waals surface area contributed by atoms with E-state index >= 15 is 0 Å². The third kappa shape index (κ3) is 3.96. The zero-order valence-electron chi connectivity index (χ0n) is 17.9. The lowest BCUT2D eigenvalue weighted by molar-refractivity contribution is 0.0754. The van der Waals surface area contributed by atoms with Crippen molar-refractivity contribution in [2.24, 2.45) is 16.1 Å². The minimum absolute atomic E-state index is 0.00000857. The SMILES string of the molecule is CC1=NC(N2CCC3(CC2)CO[C@@H](C)[C@H]3N)=C(CCO)C(O)N1c1cccc(Cl)c1Cl. The summed E-state index contributed by atoms with van der Waals surface area (Å²) in [4.78, 5) is 8.70. The molecule has 4 N–H and O–H groups in total. The van der Waals surface area contributed by atoms with Crippen LogP contribution in [0.5, 0.6) is 0 Å². The topological polar surface area (TPSA) is 94.5 Å². The van der Waals surface area contributed by atoms with Crippen LogP contribution in [0.25, 0.3) is 0 Å². The molecule has 3 aliphatic rings. The predicted molar refractivity (Wildman–Crippen MR) is 123 cm³/mol. The van der Waals surface area contributed by atoms with Crippen molar-refractivity contribution >= 4 is 34.7 Å². The number of halogens is 2. The molecule has 0 amide bonds. The van der Waals surface area contributed by atoms with Crippen molar-refractivity contribution in [2.45, 2.75) is 51.5 Å². The molecule has 4 rings (SSSR count). The highest BCUT2D eigenvalue weighted by Crippen LogP contribution is 2.43. The Kier molecular flexibility index (Phi) is 6.54. The van der Waals surface area contributed by atoms with Gasteiger partial charge in [0.05, 0.1) is 28.4 Å². The summed E-state index contributed by atoms with van der Waals surface area (Å²) in [6.45, 7) is 6.02. The summed E-state index contributed by atoms with van der Waals surface area (Å²) >= 11 is 12.6. The van der Waals surface area contributed by atoms with E-state index < -0.39 is 6.23 Å². The molecule has 3 aliphatic heterocycles. The first-order valence-corrected chi connectivity index (χ1v) is 11.5. The number of nitrogens with two attached hydrogens (primary N) is 1. The zero-order chi connectivity index (χ0) is 22.3. The quantitative estimate of drug-likeness (QED) is 0.628. The Balaban J connectivity index is 1.62. The molecule has 0 saturated carbocycles. The maximum atomic E-state index is 11.3. The highest BCUT2D eigenvalue weighted by Gasteiger charge is 2.48. The van der Waals surface area contributed by atoms with Crippen LogP contribution in [0.1, 0.15) is 33.1 Å². The monoisotopic (exact) mass is 468 g/mol. The van der Waals surface area contributed by atoms with E-state index in [0.717, 1.165) is 31.8 Å². The van der Waals surface area contributed by atoms with Gasteiger partial charge in [0.2, 0.25) is 0 Å². The van der Waals surface area contributed by atoms with E-state index in [9.17, 15) is 10.2 Å². The summed E-state index contributed by atoms with van der Waals surface area (Å²) in [7, 11) is 0.